The van der Waals surface area contributed by atoms with Gasteiger partial charge >= 0.3 is 0 Å². The van der Waals surface area contributed by atoms with Crippen LogP contribution in [0.3, 0.4) is 0 Å². The van der Waals surface area contributed by atoms with Gasteiger partial charge in [-0.1, -0.05) is 0 Å². The van der Waals surface area contributed by atoms with Crippen LogP contribution in [0.25, 0.3) is 0 Å². The van der Waals surface area contributed by atoms with Crippen molar-refractivity contribution in [2.45, 2.75) is 6.42 Å². The highest BCUT2D eigenvalue weighted by Gasteiger charge is 2.04. The van der Waals surface area contributed by atoms with Gasteiger partial charge in [-0.2, -0.15) is 0 Å². The van der Waals surface area contributed by atoms with E-state index in [1.807, 2.05) is 0 Å². The van der Waals surface area contributed by atoms with Gasteiger partial charge in [-0.3, -0.25) is 0 Å². The second-order valence-electron chi connectivity index (χ2n) is 3.74. The number of hydrogen-bond acceptors (Lipinski definition) is 5. The number of anilines is 1. The smallest absolute Gasteiger partial charge is 0.147 e. The summed E-state index contributed by atoms with van der Waals surface area (Å²) in [7, 11) is -1.37. The molecule has 1 rings (SSSR count). The van der Waals surface area contributed by atoms with E-state index in [2.05, 4.69) is 0 Å². The van der Waals surface area contributed by atoms with E-state index < -0.39 is 9.84 Å². The van der Waals surface area contributed by atoms with Crippen LogP contribution in [-0.2, 0) is 9.84 Å². The van der Waals surface area contributed by atoms with Crippen molar-refractivity contribution in [3.63, 3.8) is 0 Å². The van der Waals surface area contributed by atoms with E-state index in [-0.39, 0.29) is 5.75 Å². The number of nitrogens with two attached hydrogens (primary N) is 1. The predicted molar refractivity (Wildman–Crippen MR) is 67.2 cm³/mol. The van der Waals surface area contributed by atoms with Crippen LogP contribution in [0.15, 0.2) is 18.2 Å². The minimum absolute atomic E-state index is 0.114. The van der Waals surface area contributed by atoms with Gasteiger partial charge in [-0.05, 0) is 18.6 Å². The minimum atomic E-state index is -2.93. The molecule has 0 unspecified atom stereocenters. The topological polar surface area (TPSA) is 78.6 Å². The molecule has 0 fully saturated rings. The van der Waals surface area contributed by atoms with Gasteiger partial charge in [0.2, 0.25) is 0 Å². The summed E-state index contributed by atoms with van der Waals surface area (Å²) in [5, 5.41) is 0. The van der Waals surface area contributed by atoms with Gasteiger partial charge < -0.3 is 15.2 Å². The normalized spacial score (nSPS) is 11.2. The maximum Gasteiger partial charge on any atom is 0.147 e. The van der Waals surface area contributed by atoms with Gasteiger partial charge in [-0.25, -0.2) is 8.42 Å². The lowest BCUT2D eigenvalue weighted by molar-refractivity contribution is 0.318. The standard InChI is InChI=1S/C11H17NO4S/c1-15-9-4-5-11(10(12)8-9)16-6-3-7-17(2,13)14/h4-5,8H,3,6-7,12H2,1-2H3. The molecule has 1 aromatic rings. The van der Waals surface area contributed by atoms with Crippen molar-refractivity contribution in [1.82, 2.24) is 0 Å². The van der Waals surface area contributed by atoms with E-state index in [9.17, 15) is 8.42 Å². The highest BCUT2D eigenvalue weighted by Crippen LogP contribution is 2.26. The van der Waals surface area contributed by atoms with Gasteiger partial charge in [0.25, 0.3) is 0 Å². The lowest BCUT2D eigenvalue weighted by Crippen LogP contribution is -2.08. The molecule has 1 aromatic carbocycles. The van der Waals surface area contributed by atoms with Crippen LogP contribution in [0.5, 0.6) is 11.5 Å². The number of rotatable bonds is 6. The Labute approximate surface area is 101 Å². The molecule has 0 saturated carbocycles. The molecule has 0 saturated heterocycles. The Morgan fingerprint density at radius 2 is 2.06 bits per heavy atom. The summed E-state index contributed by atoms with van der Waals surface area (Å²) in [5.41, 5.74) is 6.22. The molecule has 0 radical (unpaired) electrons. The average Bonchev–Trinajstić information content (AvgIpc) is 2.24. The van der Waals surface area contributed by atoms with Crippen LogP contribution >= 0.6 is 0 Å². The van der Waals surface area contributed by atoms with Gasteiger partial charge in [0.05, 0.1) is 25.2 Å². The Bertz CT molecular complexity index is 470. The third-order valence-electron chi connectivity index (χ3n) is 2.13. The number of methoxy groups -OCH3 is 1. The highest BCUT2D eigenvalue weighted by molar-refractivity contribution is 7.90. The van der Waals surface area contributed by atoms with Crippen molar-refractivity contribution in [2.75, 3.05) is 31.5 Å². The summed E-state index contributed by atoms with van der Waals surface area (Å²) in [5.74, 6) is 1.31. The molecule has 0 bridgehead atoms. The van der Waals surface area contributed by atoms with E-state index in [0.717, 1.165) is 0 Å². The Hall–Kier alpha value is -1.43. The maximum absolute atomic E-state index is 10.9. The van der Waals surface area contributed by atoms with Gasteiger partial charge in [0.1, 0.15) is 21.3 Å². The summed E-state index contributed by atoms with van der Waals surface area (Å²) >= 11 is 0. The quantitative estimate of drug-likeness (QED) is 0.611. The fourth-order valence-electron chi connectivity index (χ4n) is 1.29. The van der Waals surface area contributed by atoms with E-state index in [0.29, 0.717) is 30.2 Å². The van der Waals surface area contributed by atoms with Crippen LogP contribution in [-0.4, -0.2) is 34.1 Å². The SMILES string of the molecule is COc1ccc(OCCCS(C)(=O)=O)c(N)c1. The first-order chi connectivity index (χ1) is 7.92. The monoisotopic (exact) mass is 259 g/mol. The molecule has 0 heterocycles. The molecule has 0 aliphatic carbocycles. The molecule has 0 aromatic heterocycles. The summed E-state index contributed by atoms with van der Waals surface area (Å²) in [6.07, 6.45) is 1.65. The van der Waals surface area contributed by atoms with E-state index in [1.165, 1.54) is 6.26 Å². The highest BCUT2D eigenvalue weighted by atomic mass is 32.2. The number of hydrogen-bond donors (Lipinski definition) is 1. The average molecular weight is 259 g/mol. The lowest BCUT2D eigenvalue weighted by atomic mass is 10.3. The van der Waals surface area contributed by atoms with Crippen molar-refractivity contribution in [3.8, 4) is 11.5 Å². The summed E-state index contributed by atoms with van der Waals surface area (Å²) in [6, 6.07) is 5.10. The second-order valence-corrected chi connectivity index (χ2v) is 6.00. The first kappa shape index (κ1) is 13.6. The Balaban J connectivity index is 2.47. The molecule has 0 amide bonds. The molecule has 0 aliphatic rings. The molecule has 0 atom stereocenters. The van der Waals surface area contributed by atoms with Crippen LogP contribution < -0.4 is 15.2 Å². The molecular formula is C11H17NO4S. The Morgan fingerprint density at radius 1 is 1.35 bits per heavy atom. The van der Waals surface area contributed by atoms with E-state index in [4.69, 9.17) is 15.2 Å². The van der Waals surface area contributed by atoms with Crippen molar-refractivity contribution in [1.29, 1.82) is 0 Å². The molecule has 6 heteroatoms. The summed E-state index contributed by atoms with van der Waals surface area (Å²) in [6.45, 7) is 0.323. The second kappa shape index (κ2) is 5.77. The maximum atomic E-state index is 10.9. The first-order valence-corrected chi connectivity index (χ1v) is 7.22. The Morgan fingerprint density at radius 3 is 2.59 bits per heavy atom. The van der Waals surface area contributed by atoms with Crippen LogP contribution in [0.2, 0.25) is 0 Å². The summed E-state index contributed by atoms with van der Waals surface area (Å²) < 4.78 is 32.2. The van der Waals surface area contributed by atoms with Gasteiger partial charge in [0.15, 0.2) is 0 Å². The van der Waals surface area contributed by atoms with E-state index in [1.54, 1.807) is 25.3 Å². The fourth-order valence-corrected chi connectivity index (χ4v) is 1.93. The fraction of sp³-hybridized carbons (Fsp3) is 0.455. The molecule has 17 heavy (non-hydrogen) atoms. The number of nitrogen functional groups attached to an aromatic ring is 1. The molecule has 5 nitrogen and oxygen atoms in total. The van der Waals surface area contributed by atoms with Crippen molar-refractivity contribution >= 4 is 15.5 Å². The van der Waals surface area contributed by atoms with Crippen molar-refractivity contribution < 1.29 is 17.9 Å². The van der Waals surface area contributed by atoms with Crippen LogP contribution in [0.1, 0.15) is 6.42 Å². The molecule has 2 N–H and O–H groups in total. The van der Waals surface area contributed by atoms with Crippen LogP contribution in [0, 0.1) is 0 Å². The number of benzene rings is 1. The molecular weight excluding hydrogens is 242 g/mol. The Kier molecular flexibility index (Phi) is 4.62. The van der Waals surface area contributed by atoms with Gasteiger partial charge in [-0.15, -0.1) is 0 Å². The molecule has 0 spiro atoms. The zero-order valence-electron chi connectivity index (χ0n) is 9.97. The molecule has 0 aliphatic heterocycles. The predicted octanol–water partition coefficient (Wildman–Crippen LogP) is 1.09. The lowest BCUT2D eigenvalue weighted by Gasteiger charge is -2.09. The van der Waals surface area contributed by atoms with Crippen molar-refractivity contribution in [2.24, 2.45) is 0 Å². The number of ether oxygens (including phenoxy) is 2. The van der Waals surface area contributed by atoms with Crippen molar-refractivity contribution in [3.05, 3.63) is 18.2 Å². The summed E-state index contributed by atoms with van der Waals surface area (Å²) in [4.78, 5) is 0. The molecule has 96 valence electrons. The third kappa shape index (κ3) is 4.95. The minimum Gasteiger partial charge on any atom is -0.497 e. The number of sulfone groups is 1. The largest absolute Gasteiger partial charge is 0.497 e. The zero-order chi connectivity index (χ0) is 12.9. The third-order valence-corrected chi connectivity index (χ3v) is 3.16. The first-order valence-electron chi connectivity index (χ1n) is 5.16. The van der Waals surface area contributed by atoms with Crippen LogP contribution in [0.4, 0.5) is 5.69 Å². The van der Waals surface area contributed by atoms with E-state index >= 15 is 0 Å². The van der Waals surface area contributed by atoms with Gasteiger partial charge in [0, 0.05) is 12.3 Å². The zero-order valence-corrected chi connectivity index (χ0v) is 10.8.